The molecule has 1 aromatic rings. The summed E-state index contributed by atoms with van der Waals surface area (Å²) in [4.78, 5) is 11.5. The second kappa shape index (κ2) is 5.07. The Labute approximate surface area is 83.1 Å². The third kappa shape index (κ3) is 2.63. The highest BCUT2D eigenvalue weighted by Crippen LogP contribution is 2.00. The lowest BCUT2D eigenvalue weighted by Gasteiger charge is -2.00. The van der Waals surface area contributed by atoms with E-state index in [1.54, 1.807) is 13.1 Å². The summed E-state index contributed by atoms with van der Waals surface area (Å²) in [6, 6.07) is 0. The first-order valence-corrected chi connectivity index (χ1v) is 4.43. The van der Waals surface area contributed by atoms with Crippen LogP contribution in [0.25, 0.3) is 0 Å². The van der Waals surface area contributed by atoms with E-state index in [-0.39, 0.29) is 5.91 Å². The van der Waals surface area contributed by atoms with Gasteiger partial charge in [0.25, 0.3) is 5.91 Å². The monoisotopic (exact) mass is 191 g/mol. The quantitative estimate of drug-likeness (QED) is 0.550. The number of nitrogens with zero attached hydrogens (tertiary/aromatic N) is 1. The number of aryl methyl sites for hydroxylation is 1. The van der Waals surface area contributed by atoms with E-state index < -0.39 is 0 Å². The first-order chi connectivity index (χ1) is 6.75. The van der Waals surface area contributed by atoms with E-state index in [9.17, 15) is 4.79 Å². The Hall–Kier alpha value is -1.76. The molecule has 0 aliphatic heterocycles. The molecule has 0 radical (unpaired) electrons. The Morgan fingerprint density at radius 1 is 1.71 bits per heavy atom. The predicted octanol–water partition coefficient (Wildman–Crippen LogP) is 0.861. The fourth-order valence-electron chi connectivity index (χ4n) is 1.03. The van der Waals surface area contributed by atoms with Gasteiger partial charge in [-0.3, -0.25) is 9.89 Å². The second-order valence-corrected chi connectivity index (χ2v) is 2.86. The second-order valence-electron chi connectivity index (χ2n) is 2.86. The molecule has 74 valence electrons. The van der Waals surface area contributed by atoms with Gasteiger partial charge in [0.1, 0.15) is 5.69 Å². The number of carbonyl (C=O) groups is 1. The van der Waals surface area contributed by atoms with Crippen LogP contribution in [0.5, 0.6) is 0 Å². The molecule has 1 rings (SSSR count). The summed E-state index contributed by atoms with van der Waals surface area (Å²) in [5.74, 6) is 5.51. The van der Waals surface area contributed by atoms with Gasteiger partial charge in [0, 0.05) is 13.0 Å². The zero-order valence-corrected chi connectivity index (χ0v) is 8.35. The van der Waals surface area contributed by atoms with Crippen molar-refractivity contribution >= 4 is 5.91 Å². The molecule has 0 spiro atoms. The number of aromatic nitrogens is 2. The van der Waals surface area contributed by atoms with Crippen LogP contribution >= 0.6 is 0 Å². The average molecular weight is 191 g/mol. The molecular formula is C10H13N3O. The third-order valence-electron chi connectivity index (χ3n) is 1.77. The largest absolute Gasteiger partial charge is 0.350 e. The number of hydrogen-bond donors (Lipinski definition) is 2. The topological polar surface area (TPSA) is 57.8 Å². The molecule has 4 heteroatoms. The summed E-state index contributed by atoms with van der Waals surface area (Å²) < 4.78 is 0. The molecule has 0 atom stereocenters. The van der Waals surface area contributed by atoms with E-state index in [1.807, 2.05) is 6.92 Å². The molecule has 0 fully saturated rings. The van der Waals surface area contributed by atoms with Crippen molar-refractivity contribution < 1.29 is 4.79 Å². The van der Waals surface area contributed by atoms with Crippen molar-refractivity contribution in [1.82, 2.24) is 15.5 Å². The first kappa shape index (κ1) is 10.3. The minimum atomic E-state index is -0.127. The fraction of sp³-hybridized carbons (Fsp3) is 0.400. The van der Waals surface area contributed by atoms with E-state index in [4.69, 9.17) is 0 Å². The molecular weight excluding hydrogens is 178 g/mol. The molecule has 4 nitrogen and oxygen atoms in total. The standard InChI is InChI=1S/C10H13N3O/c1-3-4-5-6-11-10(14)9-8(2)7-12-13-9/h7H,5-6H2,1-2H3,(H,11,14)(H,12,13). The maximum Gasteiger partial charge on any atom is 0.269 e. The van der Waals surface area contributed by atoms with Crippen molar-refractivity contribution in [1.29, 1.82) is 0 Å². The molecule has 0 saturated heterocycles. The molecule has 0 saturated carbocycles. The molecule has 0 aliphatic carbocycles. The van der Waals surface area contributed by atoms with Crippen molar-refractivity contribution in [3.8, 4) is 11.8 Å². The van der Waals surface area contributed by atoms with Crippen LogP contribution in [0.4, 0.5) is 0 Å². The van der Waals surface area contributed by atoms with Crippen molar-refractivity contribution in [2.75, 3.05) is 6.54 Å². The summed E-state index contributed by atoms with van der Waals surface area (Å²) in [6.45, 7) is 4.18. The van der Waals surface area contributed by atoms with Gasteiger partial charge in [-0.05, 0) is 19.4 Å². The predicted molar refractivity (Wildman–Crippen MR) is 53.7 cm³/mol. The number of hydrogen-bond acceptors (Lipinski definition) is 2. The molecule has 0 bridgehead atoms. The van der Waals surface area contributed by atoms with E-state index in [0.717, 1.165) is 5.56 Å². The maximum atomic E-state index is 11.5. The zero-order chi connectivity index (χ0) is 10.4. The van der Waals surface area contributed by atoms with Gasteiger partial charge in [-0.15, -0.1) is 11.8 Å². The zero-order valence-electron chi connectivity index (χ0n) is 8.35. The average Bonchev–Trinajstić information content (AvgIpc) is 2.59. The highest BCUT2D eigenvalue weighted by atomic mass is 16.1. The van der Waals surface area contributed by atoms with Crippen LogP contribution in [0.1, 0.15) is 29.4 Å². The molecule has 1 heterocycles. The van der Waals surface area contributed by atoms with Crippen molar-refractivity contribution in [3.63, 3.8) is 0 Å². The molecule has 14 heavy (non-hydrogen) atoms. The Bertz CT molecular complexity index is 370. The lowest BCUT2D eigenvalue weighted by molar-refractivity contribution is 0.0949. The normalized spacial score (nSPS) is 9.00. The van der Waals surface area contributed by atoms with E-state index in [2.05, 4.69) is 27.4 Å². The van der Waals surface area contributed by atoms with E-state index >= 15 is 0 Å². The van der Waals surface area contributed by atoms with E-state index in [0.29, 0.717) is 18.7 Å². The van der Waals surface area contributed by atoms with Gasteiger partial charge in [-0.2, -0.15) is 5.10 Å². The van der Waals surface area contributed by atoms with Gasteiger partial charge in [-0.1, -0.05) is 0 Å². The highest BCUT2D eigenvalue weighted by Gasteiger charge is 2.08. The summed E-state index contributed by atoms with van der Waals surface area (Å²) in [5.41, 5.74) is 1.37. The van der Waals surface area contributed by atoms with E-state index in [1.165, 1.54) is 0 Å². The number of amides is 1. The highest BCUT2D eigenvalue weighted by molar-refractivity contribution is 5.93. The number of H-pyrrole nitrogens is 1. The smallest absolute Gasteiger partial charge is 0.269 e. The lowest BCUT2D eigenvalue weighted by atomic mass is 10.2. The van der Waals surface area contributed by atoms with Crippen LogP contribution in [-0.2, 0) is 0 Å². The van der Waals surface area contributed by atoms with Crippen LogP contribution in [0.2, 0.25) is 0 Å². The molecule has 0 unspecified atom stereocenters. The first-order valence-electron chi connectivity index (χ1n) is 4.43. The molecule has 1 aromatic heterocycles. The summed E-state index contributed by atoms with van der Waals surface area (Å²) >= 11 is 0. The third-order valence-corrected chi connectivity index (χ3v) is 1.77. The van der Waals surface area contributed by atoms with Crippen LogP contribution in [0, 0.1) is 18.8 Å². The molecule has 1 amide bonds. The minimum absolute atomic E-state index is 0.127. The summed E-state index contributed by atoms with van der Waals surface area (Å²) in [5, 5.41) is 9.17. The number of carbonyl (C=O) groups excluding carboxylic acids is 1. The Kier molecular flexibility index (Phi) is 3.74. The SMILES string of the molecule is CC#CCCNC(=O)c1[nH]ncc1C. The maximum absolute atomic E-state index is 11.5. The molecule has 2 N–H and O–H groups in total. The van der Waals surface area contributed by atoms with Crippen molar-refractivity contribution in [3.05, 3.63) is 17.5 Å². The van der Waals surface area contributed by atoms with Crippen molar-refractivity contribution in [2.24, 2.45) is 0 Å². The van der Waals surface area contributed by atoms with Crippen molar-refractivity contribution in [2.45, 2.75) is 20.3 Å². The molecule has 0 aliphatic rings. The van der Waals surface area contributed by atoms with Crippen LogP contribution in [-0.4, -0.2) is 22.6 Å². The van der Waals surface area contributed by atoms with Gasteiger partial charge in [0.05, 0.1) is 6.20 Å². The van der Waals surface area contributed by atoms with Gasteiger partial charge in [0.2, 0.25) is 0 Å². The van der Waals surface area contributed by atoms with Gasteiger partial charge in [-0.25, -0.2) is 0 Å². The number of rotatable bonds is 3. The Balaban J connectivity index is 2.42. The Morgan fingerprint density at radius 3 is 3.07 bits per heavy atom. The van der Waals surface area contributed by atoms with Gasteiger partial charge < -0.3 is 5.32 Å². The van der Waals surface area contributed by atoms with Gasteiger partial charge in [0.15, 0.2) is 0 Å². The lowest BCUT2D eigenvalue weighted by Crippen LogP contribution is -2.25. The van der Waals surface area contributed by atoms with Crippen LogP contribution < -0.4 is 5.32 Å². The number of aromatic amines is 1. The number of nitrogens with one attached hydrogen (secondary N) is 2. The summed E-state index contributed by atoms with van der Waals surface area (Å²) in [7, 11) is 0. The minimum Gasteiger partial charge on any atom is -0.350 e. The molecule has 0 aromatic carbocycles. The van der Waals surface area contributed by atoms with Gasteiger partial charge >= 0.3 is 0 Å². The Morgan fingerprint density at radius 2 is 2.50 bits per heavy atom. The fourth-order valence-corrected chi connectivity index (χ4v) is 1.03. The van der Waals surface area contributed by atoms with Crippen LogP contribution in [0.15, 0.2) is 6.20 Å². The summed E-state index contributed by atoms with van der Waals surface area (Å²) in [6.07, 6.45) is 2.30. The van der Waals surface area contributed by atoms with Crippen LogP contribution in [0.3, 0.4) is 0 Å².